The lowest BCUT2D eigenvalue weighted by atomic mass is 10.1. The predicted octanol–water partition coefficient (Wildman–Crippen LogP) is 3.08. The molecule has 1 atom stereocenters. The summed E-state index contributed by atoms with van der Waals surface area (Å²) in [6.45, 7) is 4.62. The molecule has 0 bridgehead atoms. The molecule has 2 aliphatic rings. The van der Waals surface area contributed by atoms with E-state index in [9.17, 15) is 4.79 Å². The molecule has 0 aromatic heterocycles. The number of rotatable bonds is 7. The Morgan fingerprint density at radius 1 is 1.19 bits per heavy atom. The number of likely N-dealkylation sites (tertiary alicyclic amines) is 1. The van der Waals surface area contributed by atoms with Gasteiger partial charge in [0.15, 0.2) is 0 Å². The highest BCUT2D eigenvalue weighted by atomic mass is 16.5. The molecule has 3 rings (SSSR count). The van der Waals surface area contributed by atoms with Gasteiger partial charge in [-0.3, -0.25) is 9.69 Å². The minimum atomic E-state index is 0.238. The third kappa shape index (κ3) is 5.45. The van der Waals surface area contributed by atoms with E-state index in [1.807, 2.05) is 18.2 Å². The number of ether oxygens (including phenoxy) is 2. The minimum Gasteiger partial charge on any atom is -0.496 e. The van der Waals surface area contributed by atoms with Crippen molar-refractivity contribution in [2.24, 2.45) is 0 Å². The maximum Gasteiger partial charge on any atom is 0.236 e. The molecule has 1 aromatic rings. The molecule has 0 radical (unpaired) electrons. The number of carbonyl (C=O) groups is 1. The van der Waals surface area contributed by atoms with Crippen LogP contribution in [0.4, 0.5) is 0 Å². The summed E-state index contributed by atoms with van der Waals surface area (Å²) in [4.78, 5) is 17.2. The van der Waals surface area contributed by atoms with Crippen LogP contribution < -0.4 is 4.74 Å². The van der Waals surface area contributed by atoms with Gasteiger partial charge in [0.25, 0.3) is 0 Å². The van der Waals surface area contributed by atoms with Crippen molar-refractivity contribution in [3.05, 3.63) is 29.8 Å². The Kier molecular flexibility index (Phi) is 7.32. The molecule has 144 valence electrons. The van der Waals surface area contributed by atoms with Gasteiger partial charge in [-0.2, -0.15) is 0 Å². The predicted molar refractivity (Wildman–Crippen MR) is 102 cm³/mol. The summed E-state index contributed by atoms with van der Waals surface area (Å²) < 4.78 is 11.3. The molecule has 2 aliphatic heterocycles. The number of methoxy groups -OCH3 is 1. The fourth-order valence-corrected chi connectivity index (χ4v) is 3.95. The van der Waals surface area contributed by atoms with Crippen LogP contribution in [-0.2, 0) is 16.1 Å². The standard InChI is InChI=1S/C21H32N2O3/c1-25-20-11-5-4-9-18(20)15-22(16-19-10-8-14-26-19)17-21(24)23-12-6-2-3-7-13-23/h4-5,9,11,19H,2-3,6-8,10,12-17H2,1H3. The lowest BCUT2D eigenvalue weighted by molar-refractivity contribution is -0.132. The maximum atomic E-state index is 12.9. The summed E-state index contributed by atoms with van der Waals surface area (Å²) in [5.74, 6) is 1.13. The second-order valence-electron chi connectivity index (χ2n) is 7.41. The van der Waals surface area contributed by atoms with Crippen LogP contribution in [-0.4, -0.2) is 61.7 Å². The van der Waals surface area contributed by atoms with E-state index in [1.165, 1.54) is 12.8 Å². The van der Waals surface area contributed by atoms with Gasteiger partial charge in [0.1, 0.15) is 5.75 Å². The highest BCUT2D eigenvalue weighted by Crippen LogP contribution is 2.21. The Labute approximate surface area is 157 Å². The first-order valence-electron chi connectivity index (χ1n) is 10.00. The second-order valence-corrected chi connectivity index (χ2v) is 7.41. The number of benzene rings is 1. The molecule has 0 spiro atoms. The monoisotopic (exact) mass is 360 g/mol. The largest absolute Gasteiger partial charge is 0.496 e. The Bertz CT molecular complexity index is 564. The topological polar surface area (TPSA) is 42.0 Å². The van der Waals surface area contributed by atoms with Gasteiger partial charge in [-0.1, -0.05) is 31.0 Å². The van der Waals surface area contributed by atoms with Gasteiger partial charge in [-0.05, 0) is 31.7 Å². The molecule has 0 aliphatic carbocycles. The molecule has 1 unspecified atom stereocenters. The summed E-state index contributed by atoms with van der Waals surface area (Å²) in [5.41, 5.74) is 1.12. The zero-order valence-electron chi connectivity index (χ0n) is 16.0. The van der Waals surface area contributed by atoms with Crippen molar-refractivity contribution in [1.29, 1.82) is 0 Å². The number of amides is 1. The van der Waals surface area contributed by atoms with E-state index in [0.717, 1.165) is 63.2 Å². The van der Waals surface area contributed by atoms with Crippen LogP contribution in [0.15, 0.2) is 24.3 Å². The summed E-state index contributed by atoms with van der Waals surface area (Å²) in [6.07, 6.45) is 7.18. The Hall–Kier alpha value is -1.59. The van der Waals surface area contributed by atoms with E-state index in [2.05, 4.69) is 15.9 Å². The molecular weight excluding hydrogens is 328 g/mol. The summed E-state index contributed by atoms with van der Waals surface area (Å²) in [7, 11) is 1.70. The van der Waals surface area contributed by atoms with Crippen molar-refractivity contribution in [1.82, 2.24) is 9.80 Å². The first kappa shape index (κ1) is 19.2. The van der Waals surface area contributed by atoms with Gasteiger partial charge in [0.2, 0.25) is 5.91 Å². The van der Waals surface area contributed by atoms with Crippen molar-refractivity contribution < 1.29 is 14.3 Å². The quantitative estimate of drug-likeness (QED) is 0.749. The smallest absolute Gasteiger partial charge is 0.236 e. The molecule has 2 fully saturated rings. The highest BCUT2D eigenvalue weighted by molar-refractivity contribution is 5.78. The van der Waals surface area contributed by atoms with Gasteiger partial charge < -0.3 is 14.4 Å². The zero-order valence-corrected chi connectivity index (χ0v) is 16.0. The van der Waals surface area contributed by atoms with E-state index in [-0.39, 0.29) is 12.0 Å². The fraction of sp³-hybridized carbons (Fsp3) is 0.667. The van der Waals surface area contributed by atoms with E-state index in [1.54, 1.807) is 7.11 Å². The number of hydrogen-bond donors (Lipinski definition) is 0. The molecule has 5 heteroatoms. The third-order valence-electron chi connectivity index (χ3n) is 5.39. The first-order valence-corrected chi connectivity index (χ1v) is 10.00. The van der Waals surface area contributed by atoms with E-state index >= 15 is 0 Å². The zero-order chi connectivity index (χ0) is 18.2. The maximum absolute atomic E-state index is 12.9. The normalized spacial score (nSPS) is 21.0. The van der Waals surface area contributed by atoms with Crippen molar-refractivity contribution in [3.63, 3.8) is 0 Å². The van der Waals surface area contributed by atoms with Gasteiger partial charge in [-0.15, -0.1) is 0 Å². The van der Waals surface area contributed by atoms with E-state index < -0.39 is 0 Å². The first-order chi connectivity index (χ1) is 12.8. The van der Waals surface area contributed by atoms with Crippen LogP contribution in [0, 0.1) is 0 Å². The average Bonchev–Trinajstić information content (AvgIpc) is 3.01. The van der Waals surface area contributed by atoms with E-state index in [0.29, 0.717) is 13.1 Å². The van der Waals surface area contributed by atoms with Crippen LogP contribution in [0.1, 0.15) is 44.1 Å². The molecule has 1 amide bonds. The number of para-hydroxylation sites is 1. The Balaban J connectivity index is 1.66. The SMILES string of the molecule is COc1ccccc1CN(CC(=O)N1CCCCCC1)CC1CCCO1. The van der Waals surface area contributed by atoms with Gasteiger partial charge >= 0.3 is 0 Å². The highest BCUT2D eigenvalue weighted by Gasteiger charge is 2.24. The molecular formula is C21H32N2O3. The average molecular weight is 360 g/mol. The summed E-state index contributed by atoms with van der Waals surface area (Å²) in [6, 6.07) is 8.07. The molecule has 0 saturated carbocycles. The number of nitrogens with zero attached hydrogens (tertiary/aromatic N) is 2. The molecule has 1 aromatic carbocycles. The fourth-order valence-electron chi connectivity index (χ4n) is 3.95. The van der Waals surface area contributed by atoms with E-state index in [4.69, 9.17) is 9.47 Å². The minimum absolute atomic E-state index is 0.238. The van der Waals surface area contributed by atoms with Crippen molar-refractivity contribution in [2.75, 3.05) is 39.9 Å². The molecule has 0 N–H and O–H groups in total. The molecule has 5 nitrogen and oxygen atoms in total. The lowest BCUT2D eigenvalue weighted by Crippen LogP contribution is -2.43. The van der Waals surface area contributed by atoms with Crippen molar-refractivity contribution in [2.45, 2.75) is 51.2 Å². The van der Waals surface area contributed by atoms with Crippen molar-refractivity contribution in [3.8, 4) is 5.75 Å². The molecule has 26 heavy (non-hydrogen) atoms. The third-order valence-corrected chi connectivity index (χ3v) is 5.39. The summed E-state index contributed by atoms with van der Waals surface area (Å²) in [5, 5.41) is 0. The lowest BCUT2D eigenvalue weighted by Gasteiger charge is -2.28. The van der Waals surface area contributed by atoms with Gasteiger partial charge in [0.05, 0.1) is 19.8 Å². The van der Waals surface area contributed by atoms with Crippen LogP contribution >= 0.6 is 0 Å². The van der Waals surface area contributed by atoms with Gasteiger partial charge in [0, 0.05) is 38.3 Å². The van der Waals surface area contributed by atoms with Crippen LogP contribution in [0.25, 0.3) is 0 Å². The second kappa shape index (κ2) is 9.93. The van der Waals surface area contributed by atoms with Crippen molar-refractivity contribution >= 4 is 5.91 Å². The number of carbonyl (C=O) groups excluding carboxylic acids is 1. The Morgan fingerprint density at radius 3 is 2.65 bits per heavy atom. The van der Waals surface area contributed by atoms with Crippen LogP contribution in [0.2, 0.25) is 0 Å². The number of hydrogen-bond acceptors (Lipinski definition) is 4. The van der Waals surface area contributed by atoms with Crippen LogP contribution in [0.3, 0.4) is 0 Å². The summed E-state index contributed by atoms with van der Waals surface area (Å²) >= 11 is 0. The van der Waals surface area contributed by atoms with Gasteiger partial charge in [-0.25, -0.2) is 0 Å². The van der Waals surface area contributed by atoms with Crippen LogP contribution in [0.5, 0.6) is 5.75 Å². The molecule has 2 heterocycles. The Morgan fingerprint density at radius 2 is 1.96 bits per heavy atom. The molecule has 2 saturated heterocycles.